The molecule has 7 heteroatoms. The summed E-state index contributed by atoms with van der Waals surface area (Å²) in [6, 6.07) is 0. The molecule has 0 radical (unpaired) electrons. The van der Waals surface area contributed by atoms with E-state index < -0.39 is 0 Å². The molecule has 6 nitrogen and oxygen atoms in total. The Morgan fingerprint density at radius 2 is 2.08 bits per heavy atom. The Labute approximate surface area is 145 Å². The van der Waals surface area contributed by atoms with Crippen molar-refractivity contribution in [3.63, 3.8) is 0 Å². The molecule has 3 heterocycles. The monoisotopic (exact) mass is 344 g/mol. The van der Waals surface area contributed by atoms with E-state index in [0.717, 1.165) is 49.0 Å². The number of aryl methyl sites for hydroxylation is 2. The lowest BCUT2D eigenvalue weighted by molar-refractivity contribution is 0.315. The van der Waals surface area contributed by atoms with Crippen LogP contribution in [0.2, 0.25) is 0 Å². The highest BCUT2D eigenvalue weighted by atomic mass is 32.1. The zero-order valence-corrected chi connectivity index (χ0v) is 15.2. The van der Waals surface area contributed by atoms with E-state index in [-0.39, 0.29) is 0 Å². The van der Waals surface area contributed by atoms with Gasteiger partial charge in [-0.2, -0.15) is 9.61 Å². The standard InChI is InChI=1S/C17H24N6S/c1-3-22(4-2)10-9-18-17-21-16-14(15-19-11-20-23(15)17)12-7-5-6-8-13(12)24-16/h11H,3-10H2,1-2H3,(H,18,21). The van der Waals surface area contributed by atoms with Gasteiger partial charge < -0.3 is 10.2 Å². The van der Waals surface area contributed by atoms with Crippen molar-refractivity contribution in [2.75, 3.05) is 31.5 Å². The lowest BCUT2D eigenvalue weighted by atomic mass is 9.97. The van der Waals surface area contributed by atoms with Crippen molar-refractivity contribution >= 4 is 33.1 Å². The molecule has 3 aromatic heterocycles. The van der Waals surface area contributed by atoms with Gasteiger partial charge in [0.1, 0.15) is 11.2 Å². The van der Waals surface area contributed by atoms with Crippen molar-refractivity contribution in [2.45, 2.75) is 39.5 Å². The second-order valence-electron chi connectivity index (χ2n) is 6.28. The van der Waals surface area contributed by atoms with Crippen molar-refractivity contribution in [3.8, 4) is 0 Å². The van der Waals surface area contributed by atoms with Crippen LogP contribution in [-0.2, 0) is 12.8 Å². The van der Waals surface area contributed by atoms with Crippen LogP contribution in [0, 0.1) is 0 Å². The molecule has 0 amide bonds. The number of fused-ring (bicyclic) bond motifs is 5. The molecule has 0 fully saturated rings. The second kappa shape index (κ2) is 6.64. The largest absolute Gasteiger partial charge is 0.353 e. The minimum atomic E-state index is 0.806. The van der Waals surface area contributed by atoms with Crippen molar-refractivity contribution in [2.24, 2.45) is 0 Å². The van der Waals surface area contributed by atoms with E-state index >= 15 is 0 Å². The Morgan fingerprint density at radius 3 is 2.92 bits per heavy atom. The minimum Gasteiger partial charge on any atom is -0.353 e. The third-order valence-electron chi connectivity index (χ3n) is 4.94. The maximum Gasteiger partial charge on any atom is 0.227 e. The lowest BCUT2D eigenvalue weighted by Crippen LogP contribution is -2.29. The van der Waals surface area contributed by atoms with Gasteiger partial charge in [0.15, 0.2) is 5.65 Å². The molecule has 0 bridgehead atoms. The van der Waals surface area contributed by atoms with Gasteiger partial charge in [-0.05, 0) is 44.3 Å². The first kappa shape index (κ1) is 15.8. The van der Waals surface area contributed by atoms with Crippen molar-refractivity contribution < 1.29 is 0 Å². The lowest BCUT2D eigenvalue weighted by Gasteiger charge is -2.18. The van der Waals surface area contributed by atoms with Gasteiger partial charge in [0, 0.05) is 18.0 Å². The Balaban J connectivity index is 1.69. The second-order valence-corrected chi connectivity index (χ2v) is 7.36. The number of likely N-dealkylation sites (N-methyl/N-ethyl adjacent to an activating group) is 1. The van der Waals surface area contributed by atoms with Crippen molar-refractivity contribution in [3.05, 3.63) is 16.8 Å². The van der Waals surface area contributed by atoms with Gasteiger partial charge in [-0.15, -0.1) is 11.3 Å². The fourth-order valence-corrected chi connectivity index (χ4v) is 4.81. The summed E-state index contributed by atoms with van der Waals surface area (Å²) in [5, 5.41) is 9.09. The number of anilines is 1. The first-order valence-electron chi connectivity index (χ1n) is 8.92. The smallest absolute Gasteiger partial charge is 0.227 e. The van der Waals surface area contributed by atoms with Gasteiger partial charge in [0.25, 0.3) is 0 Å². The Bertz CT molecular complexity index is 848. The molecule has 24 heavy (non-hydrogen) atoms. The van der Waals surface area contributed by atoms with Crippen LogP contribution in [0.4, 0.5) is 5.95 Å². The molecule has 0 saturated heterocycles. The molecule has 0 aliphatic heterocycles. The van der Waals surface area contributed by atoms with Crippen LogP contribution in [0.25, 0.3) is 15.9 Å². The zero-order chi connectivity index (χ0) is 16.5. The fraction of sp³-hybridized carbons (Fsp3) is 0.588. The van der Waals surface area contributed by atoms with Gasteiger partial charge >= 0.3 is 0 Å². The molecular formula is C17H24N6S. The number of thiophene rings is 1. The van der Waals surface area contributed by atoms with Crippen LogP contribution >= 0.6 is 11.3 Å². The summed E-state index contributed by atoms with van der Waals surface area (Å²) < 4.78 is 1.87. The van der Waals surface area contributed by atoms with Gasteiger partial charge in [0.05, 0.1) is 5.39 Å². The number of nitrogens with one attached hydrogen (secondary N) is 1. The number of rotatable bonds is 6. The van der Waals surface area contributed by atoms with Crippen LogP contribution in [0.1, 0.15) is 37.1 Å². The first-order valence-corrected chi connectivity index (χ1v) is 9.73. The molecule has 0 spiro atoms. The third-order valence-corrected chi connectivity index (χ3v) is 6.12. The van der Waals surface area contributed by atoms with E-state index in [2.05, 4.69) is 34.1 Å². The van der Waals surface area contributed by atoms with Crippen molar-refractivity contribution in [1.82, 2.24) is 24.5 Å². The van der Waals surface area contributed by atoms with E-state index in [0.29, 0.717) is 0 Å². The van der Waals surface area contributed by atoms with E-state index in [9.17, 15) is 0 Å². The van der Waals surface area contributed by atoms with Gasteiger partial charge in [-0.1, -0.05) is 13.8 Å². The van der Waals surface area contributed by atoms with Crippen LogP contribution in [0.3, 0.4) is 0 Å². The van der Waals surface area contributed by atoms with Gasteiger partial charge in [-0.25, -0.2) is 9.97 Å². The summed E-state index contributed by atoms with van der Waals surface area (Å²) >= 11 is 1.84. The summed E-state index contributed by atoms with van der Waals surface area (Å²) in [5.74, 6) is 0.806. The van der Waals surface area contributed by atoms with Crippen LogP contribution in [0.5, 0.6) is 0 Å². The third kappa shape index (κ3) is 2.65. The summed E-state index contributed by atoms with van der Waals surface area (Å²) in [7, 11) is 0. The van der Waals surface area contributed by atoms with E-state index in [1.54, 1.807) is 6.33 Å². The fourth-order valence-electron chi connectivity index (χ4n) is 3.55. The number of hydrogen-bond acceptors (Lipinski definition) is 6. The predicted octanol–water partition coefficient (Wildman–Crippen LogP) is 2.97. The van der Waals surface area contributed by atoms with Crippen molar-refractivity contribution in [1.29, 1.82) is 0 Å². The molecule has 1 aliphatic carbocycles. The average molecular weight is 344 g/mol. The molecule has 0 atom stereocenters. The average Bonchev–Trinajstić information content (AvgIpc) is 3.22. The maximum atomic E-state index is 4.88. The minimum absolute atomic E-state index is 0.806. The summed E-state index contributed by atoms with van der Waals surface area (Å²) in [5.41, 5.74) is 2.41. The molecule has 0 aromatic carbocycles. The Kier molecular flexibility index (Phi) is 4.37. The predicted molar refractivity (Wildman–Crippen MR) is 99.1 cm³/mol. The molecule has 1 aliphatic rings. The van der Waals surface area contributed by atoms with Gasteiger partial charge in [0.2, 0.25) is 5.95 Å². The number of aromatic nitrogens is 4. The van der Waals surface area contributed by atoms with Crippen LogP contribution < -0.4 is 5.32 Å². The summed E-state index contributed by atoms with van der Waals surface area (Å²) in [6.07, 6.45) is 6.52. The Morgan fingerprint density at radius 1 is 1.25 bits per heavy atom. The van der Waals surface area contributed by atoms with E-state index in [1.165, 1.54) is 35.1 Å². The SMILES string of the molecule is CCN(CC)CCNc1nc2sc3c(c2c2ncnn12)CCCC3. The molecule has 4 rings (SSSR count). The summed E-state index contributed by atoms with van der Waals surface area (Å²) in [6.45, 7) is 8.39. The first-order chi connectivity index (χ1) is 11.8. The van der Waals surface area contributed by atoms with Gasteiger partial charge in [-0.3, -0.25) is 0 Å². The normalized spacial score (nSPS) is 14.6. The van der Waals surface area contributed by atoms with Crippen LogP contribution in [-0.4, -0.2) is 50.7 Å². The molecule has 1 N–H and O–H groups in total. The topological polar surface area (TPSA) is 58.3 Å². The molecule has 0 unspecified atom stereocenters. The maximum absolute atomic E-state index is 4.88. The highest BCUT2D eigenvalue weighted by Crippen LogP contribution is 2.37. The molecular weight excluding hydrogens is 320 g/mol. The highest BCUT2D eigenvalue weighted by Gasteiger charge is 2.21. The number of hydrogen-bond donors (Lipinski definition) is 1. The highest BCUT2D eigenvalue weighted by molar-refractivity contribution is 7.19. The van der Waals surface area contributed by atoms with E-state index in [4.69, 9.17) is 4.98 Å². The quantitative estimate of drug-likeness (QED) is 0.745. The Hall–Kier alpha value is -1.73. The summed E-state index contributed by atoms with van der Waals surface area (Å²) in [4.78, 5) is 14.4. The molecule has 128 valence electrons. The van der Waals surface area contributed by atoms with Crippen LogP contribution in [0.15, 0.2) is 6.33 Å². The molecule has 3 aromatic rings. The molecule has 0 saturated carbocycles. The zero-order valence-electron chi connectivity index (χ0n) is 14.4. The number of nitrogens with zero attached hydrogens (tertiary/aromatic N) is 5. The van der Waals surface area contributed by atoms with E-state index in [1.807, 2.05) is 15.9 Å².